The summed E-state index contributed by atoms with van der Waals surface area (Å²) in [5.41, 5.74) is 2.85. The van der Waals surface area contributed by atoms with Gasteiger partial charge < -0.3 is 15.4 Å². The van der Waals surface area contributed by atoms with E-state index in [2.05, 4.69) is 10.6 Å². The number of anilines is 3. The third-order valence-corrected chi connectivity index (χ3v) is 6.32. The van der Waals surface area contributed by atoms with E-state index in [1.54, 1.807) is 61.5 Å². The summed E-state index contributed by atoms with van der Waals surface area (Å²) in [7, 11) is 0. The van der Waals surface area contributed by atoms with Crippen molar-refractivity contribution in [3.8, 4) is 5.75 Å². The van der Waals surface area contributed by atoms with Gasteiger partial charge in [-0.05, 0) is 61.4 Å². The Kier molecular flexibility index (Phi) is 7.62. The first kappa shape index (κ1) is 25.3. The highest BCUT2D eigenvalue weighted by Gasteiger charge is 2.39. The summed E-state index contributed by atoms with van der Waals surface area (Å²) in [5.74, 6) is -0.796. The smallest absolute Gasteiger partial charge is 0.283 e. The summed E-state index contributed by atoms with van der Waals surface area (Å²) in [5, 5.41) is 6.02. The van der Waals surface area contributed by atoms with E-state index in [-0.39, 0.29) is 23.1 Å². The Balaban J connectivity index is 1.43. The Morgan fingerprint density at radius 3 is 2.39 bits per heavy atom. The molecule has 3 aromatic carbocycles. The van der Waals surface area contributed by atoms with Gasteiger partial charge in [-0.25, -0.2) is 4.90 Å². The summed E-state index contributed by atoms with van der Waals surface area (Å²) in [4.78, 5) is 39.3. The molecule has 0 spiro atoms. The van der Waals surface area contributed by atoms with Crippen LogP contribution in [0, 0.1) is 6.92 Å². The predicted octanol–water partition coefficient (Wildman–Crippen LogP) is 5.66. The van der Waals surface area contributed by atoms with Crippen molar-refractivity contribution in [1.29, 1.82) is 0 Å². The van der Waals surface area contributed by atoms with E-state index in [4.69, 9.17) is 27.9 Å². The lowest BCUT2D eigenvalue weighted by Crippen LogP contribution is -2.32. The standard InChI is InChI=1S/C27H23Cl2N3O4/c1-3-36-22-10-5-4-8-20(22)31-23(33)15-17-11-13-18(14-12-17)30-25-24(29)26(34)32(27(25)35)21-9-6-7-19(28)16(21)2/h4-14,30H,3,15H2,1-2H3,(H,31,33). The minimum Gasteiger partial charge on any atom is -0.492 e. The van der Waals surface area contributed by atoms with Crippen molar-refractivity contribution in [3.05, 3.63) is 93.6 Å². The van der Waals surface area contributed by atoms with Gasteiger partial charge in [0.2, 0.25) is 5.91 Å². The van der Waals surface area contributed by atoms with Crippen LogP contribution in [0.15, 0.2) is 77.5 Å². The SMILES string of the molecule is CCOc1ccccc1NC(=O)Cc1ccc(NC2=C(Cl)C(=O)N(c3cccc(Cl)c3C)C2=O)cc1. The number of imide groups is 1. The van der Waals surface area contributed by atoms with Gasteiger partial charge >= 0.3 is 0 Å². The minimum atomic E-state index is -0.629. The number of hydrogen-bond donors (Lipinski definition) is 2. The quantitative estimate of drug-likeness (QED) is 0.371. The molecule has 0 fully saturated rings. The first-order valence-electron chi connectivity index (χ1n) is 11.2. The maximum Gasteiger partial charge on any atom is 0.283 e. The number of para-hydroxylation sites is 2. The largest absolute Gasteiger partial charge is 0.492 e. The molecule has 36 heavy (non-hydrogen) atoms. The van der Waals surface area contributed by atoms with Gasteiger partial charge in [0.25, 0.3) is 11.8 Å². The van der Waals surface area contributed by atoms with Crippen molar-refractivity contribution in [1.82, 2.24) is 0 Å². The third-order valence-electron chi connectivity index (χ3n) is 5.56. The first-order chi connectivity index (χ1) is 17.3. The molecule has 0 aliphatic carbocycles. The molecular weight excluding hydrogens is 501 g/mol. The fraction of sp³-hybridized carbons (Fsp3) is 0.148. The first-order valence-corrected chi connectivity index (χ1v) is 12.0. The zero-order chi connectivity index (χ0) is 25.8. The number of benzene rings is 3. The number of carbonyl (C=O) groups is 3. The number of ether oxygens (including phenoxy) is 1. The fourth-order valence-corrected chi connectivity index (χ4v) is 4.13. The molecule has 1 heterocycles. The summed E-state index contributed by atoms with van der Waals surface area (Å²) in [6.07, 6.45) is 0.142. The van der Waals surface area contributed by atoms with Crippen LogP contribution in [0.4, 0.5) is 17.1 Å². The van der Waals surface area contributed by atoms with Gasteiger partial charge in [0, 0.05) is 10.7 Å². The van der Waals surface area contributed by atoms with E-state index in [1.165, 1.54) is 0 Å². The Hall–Kier alpha value is -3.81. The molecule has 7 nitrogen and oxygen atoms in total. The number of rotatable bonds is 8. The summed E-state index contributed by atoms with van der Waals surface area (Å²) in [6.45, 7) is 4.09. The second-order valence-electron chi connectivity index (χ2n) is 7.99. The number of nitrogens with zero attached hydrogens (tertiary/aromatic N) is 1. The van der Waals surface area contributed by atoms with Gasteiger partial charge in [0.05, 0.1) is 24.4 Å². The Labute approximate surface area is 218 Å². The molecule has 0 unspecified atom stereocenters. The van der Waals surface area contributed by atoms with Gasteiger partial charge in [0.15, 0.2) is 0 Å². The van der Waals surface area contributed by atoms with Crippen molar-refractivity contribution >= 4 is 58.0 Å². The van der Waals surface area contributed by atoms with Crippen molar-refractivity contribution in [2.75, 3.05) is 22.1 Å². The maximum atomic E-state index is 13.0. The Morgan fingerprint density at radius 1 is 0.944 bits per heavy atom. The lowest BCUT2D eigenvalue weighted by Gasteiger charge is -2.18. The molecular formula is C27H23Cl2N3O4. The number of hydrogen-bond acceptors (Lipinski definition) is 5. The van der Waals surface area contributed by atoms with Gasteiger partial charge in [-0.3, -0.25) is 14.4 Å². The molecule has 4 rings (SSSR count). The lowest BCUT2D eigenvalue weighted by molar-refractivity contribution is -0.120. The maximum absolute atomic E-state index is 13.0. The molecule has 9 heteroatoms. The normalized spacial score (nSPS) is 13.3. The van der Waals surface area contributed by atoms with Crippen LogP contribution in [-0.2, 0) is 20.8 Å². The molecule has 3 aromatic rings. The highest BCUT2D eigenvalue weighted by atomic mass is 35.5. The molecule has 2 N–H and O–H groups in total. The number of amides is 3. The van der Waals surface area contributed by atoms with Crippen LogP contribution in [0.25, 0.3) is 0 Å². The van der Waals surface area contributed by atoms with Crippen molar-refractivity contribution in [2.24, 2.45) is 0 Å². The van der Waals surface area contributed by atoms with E-state index in [1.807, 2.05) is 19.1 Å². The average Bonchev–Trinajstić information content (AvgIpc) is 3.06. The van der Waals surface area contributed by atoms with Gasteiger partial charge in [-0.15, -0.1) is 0 Å². The molecule has 184 valence electrons. The molecule has 0 saturated carbocycles. The van der Waals surface area contributed by atoms with E-state index >= 15 is 0 Å². The summed E-state index contributed by atoms with van der Waals surface area (Å²) >= 11 is 12.4. The Bertz CT molecular complexity index is 1370. The molecule has 1 aliphatic heterocycles. The van der Waals surface area contributed by atoms with Crippen LogP contribution in [0.2, 0.25) is 5.02 Å². The topological polar surface area (TPSA) is 87.7 Å². The van der Waals surface area contributed by atoms with Crippen molar-refractivity contribution in [2.45, 2.75) is 20.3 Å². The second kappa shape index (κ2) is 10.8. The number of nitrogens with one attached hydrogen (secondary N) is 2. The van der Waals surface area contributed by atoms with E-state index < -0.39 is 11.8 Å². The van der Waals surface area contributed by atoms with Crippen LogP contribution in [0.3, 0.4) is 0 Å². The number of halogens is 2. The molecule has 0 saturated heterocycles. The third kappa shape index (κ3) is 5.22. The zero-order valence-corrected chi connectivity index (χ0v) is 21.1. The number of carbonyl (C=O) groups excluding carboxylic acids is 3. The predicted molar refractivity (Wildman–Crippen MR) is 142 cm³/mol. The molecule has 0 atom stereocenters. The van der Waals surface area contributed by atoms with Crippen LogP contribution < -0.4 is 20.3 Å². The van der Waals surface area contributed by atoms with Crippen LogP contribution in [0.5, 0.6) is 5.75 Å². The van der Waals surface area contributed by atoms with Gasteiger partial charge in [0.1, 0.15) is 16.5 Å². The zero-order valence-electron chi connectivity index (χ0n) is 19.6. The molecule has 1 aliphatic rings. The second-order valence-corrected chi connectivity index (χ2v) is 8.78. The van der Waals surface area contributed by atoms with E-state index in [0.717, 1.165) is 10.5 Å². The molecule has 0 aromatic heterocycles. The lowest BCUT2D eigenvalue weighted by atomic mass is 10.1. The molecule has 0 bridgehead atoms. The van der Waals surface area contributed by atoms with E-state index in [0.29, 0.717) is 40.0 Å². The van der Waals surface area contributed by atoms with Crippen LogP contribution in [-0.4, -0.2) is 24.3 Å². The van der Waals surface area contributed by atoms with E-state index in [9.17, 15) is 14.4 Å². The Morgan fingerprint density at radius 2 is 1.67 bits per heavy atom. The van der Waals surface area contributed by atoms with Crippen molar-refractivity contribution in [3.63, 3.8) is 0 Å². The van der Waals surface area contributed by atoms with Crippen LogP contribution >= 0.6 is 23.2 Å². The molecule has 3 amide bonds. The minimum absolute atomic E-state index is 0.0286. The van der Waals surface area contributed by atoms with Gasteiger partial charge in [-0.1, -0.05) is 53.5 Å². The summed E-state index contributed by atoms with van der Waals surface area (Å²) in [6, 6.07) is 19.1. The highest BCUT2D eigenvalue weighted by molar-refractivity contribution is 6.53. The summed E-state index contributed by atoms with van der Waals surface area (Å²) < 4.78 is 5.54. The highest BCUT2D eigenvalue weighted by Crippen LogP contribution is 2.34. The van der Waals surface area contributed by atoms with Crippen LogP contribution in [0.1, 0.15) is 18.1 Å². The van der Waals surface area contributed by atoms with Gasteiger partial charge in [-0.2, -0.15) is 0 Å². The monoisotopic (exact) mass is 523 g/mol. The fourth-order valence-electron chi connectivity index (χ4n) is 3.75. The average molecular weight is 524 g/mol. The molecule has 0 radical (unpaired) electrons. The van der Waals surface area contributed by atoms with Crippen molar-refractivity contribution < 1.29 is 19.1 Å².